The monoisotopic (exact) mass is 283 g/mol. The summed E-state index contributed by atoms with van der Waals surface area (Å²) in [6, 6.07) is 2.45. The van der Waals surface area contributed by atoms with Crippen molar-refractivity contribution in [1.82, 2.24) is 4.90 Å². The molecular weight excluding hydrogens is 268 g/mol. The second-order valence-electron chi connectivity index (χ2n) is 4.63. The van der Waals surface area contributed by atoms with Crippen LogP contribution >= 0.6 is 0 Å². The Kier molecular flexibility index (Phi) is 4.32. The number of carbonyl (C=O) groups excluding carboxylic acids is 2. The largest absolute Gasteiger partial charge is 0.467 e. The normalized spacial score (nSPS) is 18.8. The molecule has 1 saturated heterocycles. The summed E-state index contributed by atoms with van der Waals surface area (Å²) in [5, 5.41) is 0. The molecule has 4 nitrogen and oxygen atoms in total. The number of amides is 1. The van der Waals surface area contributed by atoms with E-state index >= 15 is 0 Å². The summed E-state index contributed by atoms with van der Waals surface area (Å²) in [6.45, 7) is 0.284. The average molecular weight is 283 g/mol. The van der Waals surface area contributed by atoms with Crippen LogP contribution in [-0.4, -0.2) is 36.5 Å². The molecule has 1 aromatic rings. The lowest BCUT2D eigenvalue weighted by Gasteiger charge is -2.33. The zero-order chi connectivity index (χ0) is 14.7. The van der Waals surface area contributed by atoms with Crippen LogP contribution in [-0.2, 0) is 9.53 Å². The summed E-state index contributed by atoms with van der Waals surface area (Å²) < 4.78 is 32.0. The Hall–Kier alpha value is -1.98. The number of methoxy groups -OCH3 is 1. The van der Waals surface area contributed by atoms with Crippen molar-refractivity contribution in [2.24, 2.45) is 0 Å². The topological polar surface area (TPSA) is 46.6 Å². The van der Waals surface area contributed by atoms with E-state index in [4.69, 9.17) is 0 Å². The molecule has 0 radical (unpaired) electrons. The van der Waals surface area contributed by atoms with E-state index in [0.29, 0.717) is 12.8 Å². The van der Waals surface area contributed by atoms with E-state index in [1.165, 1.54) is 18.1 Å². The third-order valence-electron chi connectivity index (χ3n) is 3.41. The molecule has 1 fully saturated rings. The number of carbonyl (C=O) groups is 2. The van der Waals surface area contributed by atoms with Crippen LogP contribution in [0.3, 0.4) is 0 Å². The summed E-state index contributed by atoms with van der Waals surface area (Å²) in [7, 11) is 1.23. The molecule has 0 aliphatic carbocycles. The molecule has 1 heterocycles. The second kappa shape index (κ2) is 5.98. The fourth-order valence-electron chi connectivity index (χ4n) is 2.40. The first kappa shape index (κ1) is 14.4. The molecule has 108 valence electrons. The highest BCUT2D eigenvalue weighted by Crippen LogP contribution is 2.23. The molecular formula is C14H15F2NO3. The van der Waals surface area contributed by atoms with Crippen LogP contribution in [0.1, 0.15) is 29.6 Å². The van der Waals surface area contributed by atoms with Gasteiger partial charge in [-0.1, -0.05) is 6.07 Å². The van der Waals surface area contributed by atoms with Crippen molar-refractivity contribution in [2.45, 2.75) is 25.3 Å². The Labute approximate surface area is 115 Å². The molecule has 1 aliphatic heterocycles. The van der Waals surface area contributed by atoms with Crippen LogP contribution in [0.4, 0.5) is 8.78 Å². The number of esters is 1. The highest BCUT2D eigenvalue weighted by Gasteiger charge is 2.35. The molecule has 0 spiro atoms. The van der Waals surface area contributed by atoms with Gasteiger partial charge in [-0.25, -0.2) is 13.6 Å². The number of benzene rings is 1. The molecule has 0 aromatic heterocycles. The molecule has 6 heteroatoms. The van der Waals surface area contributed by atoms with Gasteiger partial charge >= 0.3 is 5.97 Å². The molecule has 0 saturated carbocycles. The molecule has 1 aromatic carbocycles. The summed E-state index contributed by atoms with van der Waals surface area (Å²) in [5.74, 6) is -3.22. The van der Waals surface area contributed by atoms with E-state index in [0.717, 1.165) is 18.6 Å². The Bertz CT molecular complexity index is 513. The maximum atomic E-state index is 13.7. The number of likely N-dealkylation sites (tertiary alicyclic amines) is 1. The van der Waals surface area contributed by atoms with Gasteiger partial charge in [0.05, 0.1) is 7.11 Å². The Morgan fingerprint density at radius 3 is 2.50 bits per heavy atom. The van der Waals surface area contributed by atoms with Gasteiger partial charge in [-0.2, -0.15) is 0 Å². The van der Waals surface area contributed by atoms with E-state index in [2.05, 4.69) is 4.74 Å². The number of hydrogen-bond acceptors (Lipinski definition) is 3. The second-order valence-corrected chi connectivity index (χ2v) is 4.63. The van der Waals surface area contributed by atoms with Crippen LogP contribution in [0.2, 0.25) is 0 Å². The Balaban J connectivity index is 2.33. The van der Waals surface area contributed by atoms with Crippen molar-refractivity contribution >= 4 is 11.9 Å². The van der Waals surface area contributed by atoms with Gasteiger partial charge < -0.3 is 9.64 Å². The van der Waals surface area contributed by atoms with Crippen molar-refractivity contribution in [3.05, 3.63) is 35.4 Å². The standard InChI is InChI=1S/C14H15F2NO3/c1-20-14(19)11-7-2-3-8-17(11)13(18)12-9(15)5-4-6-10(12)16/h4-6,11H,2-3,7-8H2,1H3. The first-order valence-corrected chi connectivity index (χ1v) is 6.39. The van der Waals surface area contributed by atoms with Crippen LogP contribution in [0, 0.1) is 11.6 Å². The quantitative estimate of drug-likeness (QED) is 0.781. The zero-order valence-electron chi connectivity index (χ0n) is 11.1. The maximum Gasteiger partial charge on any atom is 0.328 e. The molecule has 0 N–H and O–H groups in total. The molecule has 1 aliphatic rings. The van der Waals surface area contributed by atoms with Crippen molar-refractivity contribution in [3.8, 4) is 0 Å². The maximum absolute atomic E-state index is 13.7. The lowest BCUT2D eigenvalue weighted by Crippen LogP contribution is -2.48. The Morgan fingerprint density at radius 1 is 1.25 bits per heavy atom. The molecule has 1 unspecified atom stereocenters. The first-order valence-electron chi connectivity index (χ1n) is 6.39. The van der Waals surface area contributed by atoms with Crippen molar-refractivity contribution in [3.63, 3.8) is 0 Å². The number of hydrogen-bond donors (Lipinski definition) is 0. The summed E-state index contributed by atoms with van der Waals surface area (Å²) in [4.78, 5) is 25.2. The number of halogens is 2. The fourth-order valence-corrected chi connectivity index (χ4v) is 2.40. The van der Waals surface area contributed by atoms with Crippen LogP contribution in [0.15, 0.2) is 18.2 Å². The molecule has 20 heavy (non-hydrogen) atoms. The van der Waals surface area contributed by atoms with Gasteiger partial charge in [0.25, 0.3) is 5.91 Å². The van der Waals surface area contributed by atoms with E-state index in [9.17, 15) is 18.4 Å². The number of nitrogens with zero attached hydrogens (tertiary/aromatic N) is 1. The third-order valence-corrected chi connectivity index (χ3v) is 3.41. The lowest BCUT2D eigenvalue weighted by molar-refractivity contribution is -0.147. The molecule has 2 rings (SSSR count). The smallest absolute Gasteiger partial charge is 0.328 e. The van der Waals surface area contributed by atoms with E-state index < -0.39 is 35.1 Å². The zero-order valence-corrected chi connectivity index (χ0v) is 11.1. The highest BCUT2D eigenvalue weighted by atomic mass is 19.1. The average Bonchev–Trinajstić information content (AvgIpc) is 2.46. The van der Waals surface area contributed by atoms with Crippen LogP contribution in [0.25, 0.3) is 0 Å². The molecule has 0 bridgehead atoms. The van der Waals surface area contributed by atoms with Gasteiger partial charge in [-0.05, 0) is 31.4 Å². The summed E-state index contributed by atoms with van der Waals surface area (Å²) in [6.07, 6.45) is 1.90. The van der Waals surface area contributed by atoms with E-state index in [1.807, 2.05) is 0 Å². The van der Waals surface area contributed by atoms with Crippen LogP contribution < -0.4 is 0 Å². The minimum absolute atomic E-state index is 0.284. The van der Waals surface area contributed by atoms with Gasteiger partial charge in [-0.3, -0.25) is 4.79 Å². The van der Waals surface area contributed by atoms with Crippen LogP contribution in [0.5, 0.6) is 0 Å². The van der Waals surface area contributed by atoms with Gasteiger partial charge in [-0.15, -0.1) is 0 Å². The number of ether oxygens (including phenoxy) is 1. The minimum Gasteiger partial charge on any atom is -0.467 e. The summed E-state index contributed by atoms with van der Waals surface area (Å²) in [5.41, 5.74) is -0.622. The van der Waals surface area contributed by atoms with Crippen molar-refractivity contribution in [1.29, 1.82) is 0 Å². The third kappa shape index (κ3) is 2.64. The SMILES string of the molecule is COC(=O)C1CCCCN1C(=O)c1c(F)cccc1F. The predicted octanol–water partition coefficient (Wildman–Crippen LogP) is 2.13. The van der Waals surface area contributed by atoms with Gasteiger partial charge in [0.1, 0.15) is 23.2 Å². The first-order chi connectivity index (χ1) is 9.56. The van der Waals surface area contributed by atoms with Gasteiger partial charge in [0.2, 0.25) is 0 Å². The Morgan fingerprint density at radius 2 is 1.90 bits per heavy atom. The number of piperidine rings is 1. The number of rotatable bonds is 2. The van der Waals surface area contributed by atoms with Gasteiger partial charge in [0, 0.05) is 6.54 Å². The molecule has 1 atom stereocenters. The van der Waals surface area contributed by atoms with E-state index in [1.54, 1.807) is 0 Å². The lowest BCUT2D eigenvalue weighted by atomic mass is 10.0. The summed E-state index contributed by atoms with van der Waals surface area (Å²) >= 11 is 0. The van der Waals surface area contributed by atoms with Crippen molar-refractivity contribution in [2.75, 3.05) is 13.7 Å². The predicted molar refractivity (Wildman–Crippen MR) is 67.0 cm³/mol. The minimum atomic E-state index is -0.927. The molecule has 1 amide bonds. The highest BCUT2D eigenvalue weighted by molar-refractivity contribution is 5.97. The van der Waals surface area contributed by atoms with Gasteiger partial charge in [0.15, 0.2) is 0 Å². The van der Waals surface area contributed by atoms with E-state index in [-0.39, 0.29) is 6.54 Å². The van der Waals surface area contributed by atoms with Crippen molar-refractivity contribution < 1.29 is 23.1 Å². The fraction of sp³-hybridized carbons (Fsp3) is 0.429.